The van der Waals surface area contributed by atoms with Crippen LogP contribution in [0.15, 0.2) is 24.3 Å². The molecule has 0 aromatic heterocycles. The number of rotatable bonds is 2. The van der Waals surface area contributed by atoms with Gasteiger partial charge in [-0.25, -0.2) is 10.2 Å². The Labute approximate surface area is 92.6 Å². The zero-order chi connectivity index (χ0) is 12.0. The molecule has 86 valence electrons. The number of hydrazine groups is 1. The highest BCUT2D eigenvalue weighted by Gasteiger charge is 2.10. The summed E-state index contributed by atoms with van der Waals surface area (Å²) in [6, 6.07) is 5.54. The summed E-state index contributed by atoms with van der Waals surface area (Å²) in [5.74, 6) is -0.720. The average Bonchev–Trinajstić information content (AvgIpc) is 2.27. The highest BCUT2D eigenvalue weighted by atomic mass is 16.3. The van der Waals surface area contributed by atoms with Gasteiger partial charge in [0.05, 0.1) is 5.56 Å². The maximum Gasteiger partial charge on any atom is 0.333 e. The molecule has 1 aromatic carbocycles. The standard InChI is InChI=1S/C10H13N3O3/c1-2-11-10(16)13-12-9(15)7-5-3-4-6-8(7)14/h3-6,14H,2H2,1H3,(H,12,15)(H2,11,13,16). The number of benzene rings is 1. The molecule has 0 unspecified atom stereocenters. The van der Waals surface area contributed by atoms with E-state index in [0.717, 1.165) is 0 Å². The molecule has 0 spiro atoms. The molecule has 0 aliphatic heterocycles. The zero-order valence-corrected chi connectivity index (χ0v) is 8.78. The lowest BCUT2D eigenvalue weighted by molar-refractivity contribution is 0.0933. The third-order valence-corrected chi connectivity index (χ3v) is 1.78. The third-order valence-electron chi connectivity index (χ3n) is 1.78. The second kappa shape index (κ2) is 5.59. The van der Waals surface area contributed by atoms with Gasteiger partial charge in [0, 0.05) is 6.54 Å². The summed E-state index contributed by atoms with van der Waals surface area (Å²) in [5.41, 5.74) is 4.41. The molecule has 0 heterocycles. The van der Waals surface area contributed by atoms with Crippen molar-refractivity contribution in [3.05, 3.63) is 29.8 Å². The van der Waals surface area contributed by atoms with Gasteiger partial charge in [-0.3, -0.25) is 10.2 Å². The van der Waals surface area contributed by atoms with Crippen LogP contribution in [0, 0.1) is 0 Å². The number of nitrogens with one attached hydrogen (secondary N) is 3. The van der Waals surface area contributed by atoms with E-state index in [4.69, 9.17) is 0 Å². The molecular formula is C10H13N3O3. The Morgan fingerprint density at radius 3 is 2.56 bits per heavy atom. The second-order valence-electron chi connectivity index (χ2n) is 2.96. The Morgan fingerprint density at radius 2 is 1.94 bits per heavy atom. The van der Waals surface area contributed by atoms with Gasteiger partial charge >= 0.3 is 6.03 Å². The lowest BCUT2D eigenvalue weighted by atomic mass is 10.2. The number of aromatic hydroxyl groups is 1. The first-order valence-electron chi connectivity index (χ1n) is 4.77. The monoisotopic (exact) mass is 223 g/mol. The van der Waals surface area contributed by atoms with E-state index in [9.17, 15) is 14.7 Å². The molecule has 0 aliphatic rings. The number of amides is 3. The molecule has 6 heteroatoms. The maximum absolute atomic E-state index is 11.5. The first kappa shape index (κ1) is 11.8. The van der Waals surface area contributed by atoms with Gasteiger partial charge in [0.25, 0.3) is 5.91 Å². The summed E-state index contributed by atoms with van der Waals surface area (Å²) >= 11 is 0. The van der Waals surface area contributed by atoms with E-state index < -0.39 is 11.9 Å². The van der Waals surface area contributed by atoms with E-state index in [-0.39, 0.29) is 11.3 Å². The quantitative estimate of drug-likeness (QED) is 0.545. The molecule has 1 rings (SSSR count). The molecule has 0 radical (unpaired) electrons. The number of urea groups is 1. The van der Waals surface area contributed by atoms with E-state index in [1.807, 2.05) is 0 Å². The fourth-order valence-electron chi connectivity index (χ4n) is 1.05. The molecule has 6 nitrogen and oxygen atoms in total. The normalized spacial score (nSPS) is 9.31. The van der Waals surface area contributed by atoms with Crippen molar-refractivity contribution >= 4 is 11.9 Å². The molecule has 0 atom stereocenters. The van der Waals surface area contributed by atoms with Gasteiger partial charge in [-0.15, -0.1) is 0 Å². The van der Waals surface area contributed by atoms with Crippen molar-refractivity contribution in [1.29, 1.82) is 0 Å². The highest BCUT2D eigenvalue weighted by Crippen LogP contribution is 2.14. The van der Waals surface area contributed by atoms with Gasteiger partial charge in [0.1, 0.15) is 5.75 Å². The van der Waals surface area contributed by atoms with E-state index >= 15 is 0 Å². The molecule has 1 aromatic rings. The highest BCUT2D eigenvalue weighted by molar-refractivity contribution is 5.97. The maximum atomic E-state index is 11.5. The van der Waals surface area contributed by atoms with Gasteiger partial charge < -0.3 is 10.4 Å². The van der Waals surface area contributed by atoms with Crippen molar-refractivity contribution in [2.45, 2.75) is 6.92 Å². The Bertz CT molecular complexity index is 393. The van der Waals surface area contributed by atoms with Crippen molar-refractivity contribution in [2.75, 3.05) is 6.54 Å². The Hall–Kier alpha value is -2.24. The van der Waals surface area contributed by atoms with E-state index in [1.165, 1.54) is 12.1 Å². The van der Waals surface area contributed by atoms with Crippen LogP contribution in [-0.2, 0) is 0 Å². The van der Waals surface area contributed by atoms with Crippen LogP contribution in [0.3, 0.4) is 0 Å². The van der Waals surface area contributed by atoms with E-state index in [1.54, 1.807) is 19.1 Å². The molecule has 0 fully saturated rings. The SMILES string of the molecule is CCNC(=O)NNC(=O)c1ccccc1O. The summed E-state index contributed by atoms with van der Waals surface area (Å²) in [6.45, 7) is 2.21. The average molecular weight is 223 g/mol. The Kier molecular flexibility index (Phi) is 4.14. The van der Waals surface area contributed by atoms with Crippen molar-refractivity contribution in [3.8, 4) is 5.75 Å². The third kappa shape index (κ3) is 3.16. The first-order valence-corrected chi connectivity index (χ1v) is 4.77. The smallest absolute Gasteiger partial charge is 0.333 e. The number of para-hydroxylation sites is 1. The molecule has 0 saturated carbocycles. The largest absolute Gasteiger partial charge is 0.507 e. The van der Waals surface area contributed by atoms with Gasteiger partial charge in [0.15, 0.2) is 0 Å². The van der Waals surface area contributed by atoms with Crippen molar-refractivity contribution in [1.82, 2.24) is 16.2 Å². The van der Waals surface area contributed by atoms with Crippen LogP contribution >= 0.6 is 0 Å². The molecular weight excluding hydrogens is 210 g/mol. The van der Waals surface area contributed by atoms with Crippen LogP contribution in [0.4, 0.5) is 4.79 Å². The summed E-state index contributed by atoms with van der Waals surface area (Å²) in [4.78, 5) is 22.4. The van der Waals surface area contributed by atoms with Crippen LogP contribution < -0.4 is 16.2 Å². The van der Waals surface area contributed by atoms with Gasteiger partial charge in [0.2, 0.25) is 0 Å². The molecule has 3 amide bonds. The van der Waals surface area contributed by atoms with Crippen LogP contribution in [0.25, 0.3) is 0 Å². The number of carbonyl (C=O) groups is 2. The topological polar surface area (TPSA) is 90.5 Å². The minimum absolute atomic E-state index is 0.0966. The molecule has 0 saturated heterocycles. The first-order chi connectivity index (χ1) is 7.65. The van der Waals surface area contributed by atoms with Crippen LogP contribution in [0.5, 0.6) is 5.75 Å². The zero-order valence-electron chi connectivity index (χ0n) is 8.78. The van der Waals surface area contributed by atoms with Crippen molar-refractivity contribution in [3.63, 3.8) is 0 Å². The molecule has 16 heavy (non-hydrogen) atoms. The minimum atomic E-state index is -0.579. The van der Waals surface area contributed by atoms with Crippen molar-refractivity contribution < 1.29 is 14.7 Å². The van der Waals surface area contributed by atoms with E-state index in [2.05, 4.69) is 16.2 Å². The van der Waals surface area contributed by atoms with Gasteiger partial charge in [-0.05, 0) is 19.1 Å². The molecule has 0 bridgehead atoms. The Morgan fingerprint density at radius 1 is 1.25 bits per heavy atom. The van der Waals surface area contributed by atoms with E-state index in [0.29, 0.717) is 6.54 Å². The van der Waals surface area contributed by atoms with Gasteiger partial charge in [-0.2, -0.15) is 0 Å². The second-order valence-corrected chi connectivity index (χ2v) is 2.96. The number of carbonyl (C=O) groups excluding carboxylic acids is 2. The van der Waals surface area contributed by atoms with Crippen LogP contribution in [0.2, 0.25) is 0 Å². The summed E-state index contributed by atoms with van der Waals surface area (Å²) in [5, 5.41) is 11.8. The minimum Gasteiger partial charge on any atom is -0.507 e. The van der Waals surface area contributed by atoms with Gasteiger partial charge in [-0.1, -0.05) is 12.1 Å². The van der Waals surface area contributed by atoms with Crippen LogP contribution in [0.1, 0.15) is 17.3 Å². The molecule has 0 aliphatic carbocycles. The predicted octanol–water partition coefficient (Wildman–Crippen LogP) is 0.356. The number of phenolic OH excluding ortho intramolecular Hbond substituents is 1. The Balaban J connectivity index is 2.54. The van der Waals surface area contributed by atoms with Crippen molar-refractivity contribution in [2.24, 2.45) is 0 Å². The lowest BCUT2D eigenvalue weighted by Crippen LogP contribution is -2.46. The number of hydrogen-bond donors (Lipinski definition) is 4. The number of phenols is 1. The summed E-state index contributed by atoms with van der Waals surface area (Å²) in [6.07, 6.45) is 0. The lowest BCUT2D eigenvalue weighted by Gasteiger charge is -2.08. The fourth-order valence-corrected chi connectivity index (χ4v) is 1.05. The fraction of sp³-hybridized carbons (Fsp3) is 0.200. The number of hydrogen-bond acceptors (Lipinski definition) is 3. The summed E-state index contributed by atoms with van der Waals surface area (Å²) < 4.78 is 0. The molecule has 4 N–H and O–H groups in total. The predicted molar refractivity (Wildman–Crippen MR) is 57.8 cm³/mol. The summed E-state index contributed by atoms with van der Waals surface area (Å²) in [7, 11) is 0. The van der Waals surface area contributed by atoms with Crippen LogP contribution in [-0.4, -0.2) is 23.6 Å².